The van der Waals surface area contributed by atoms with Crippen molar-refractivity contribution >= 4 is 0 Å². The zero-order valence-electron chi connectivity index (χ0n) is 10.2. The Kier molecular flexibility index (Phi) is 4.05. The van der Waals surface area contributed by atoms with Crippen LogP contribution in [0.1, 0.15) is 12.5 Å². The van der Waals surface area contributed by atoms with Crippen LogP contribution in [0.5, 0.6) is 0 Å². The van der Waals surface area contributed by atoms with Gasteiger partial charge in [0.2, 0.25) is 5.82 Å². The van der Waals surface area contributed by atoms with Crippen LogP contribution in [-0.2, 0) is 6.54 Å². The van der Waals surface area contributed by atoms with Crippen molar-refractivity contribution < 1.29 is 22.0 Å². The number of piperazine rings is 1. The second-order valence-electron chi connectivity index (χ2n) is 4.64. The zero-order chi connectivity index (χ0) is 14.2. The van der Waals surface area contributed by atoms with Crippen molar-refractivity contribution in [1.82, 2.24) is 10.2 Å². The SMILES string of the molecule is C[C@H]1CN(Cc2c(F)c(F)c(F)c(F)c2F)CCN1. The number of halogens is 5. The van der Waals surface area contributed by atoms with E-state index in [9.17, 15) is 22.0 Å². The van der Waals surface area contributed by atoms with Crippen LogP contribution in [0.15, 0.2) is 0 Å². The molecule has 1 aromatic rings. The number of rotatable bonds is 2. The monoisotopic (exact) mass is 280 g/mol. The molecular weight excluding hydrogens is 267 g/mol. The van der Waals surface area contributed by atoms with Crippen molar-refractivity contribution in [3.8, 4) is 0 Å². The van der Waals surface area contributed by atoms with E-state index in [-0.39, 0.29) is 12.6 Å². The summed E-state index contributed by atoms with van der Waals surface area (Å²) >= 11 is 0. The van der Waals surface area contributed by atoms with Gasteiger partial charge in [-0.3, -0.25) is 4.90 Å². The van der Waals surface area contributed by atoms with E-state index in [4.69, 9.17) is 0 Å². The van der Waals surface area contributed by atoms with Crippen LogP contribution in [0.3, 0.4) is 0 Å². The number of nitrogens with zero attached hydrogens (tertiary/aromatic N) is 1. The molecule has 106 valence electrons. The van der Waals surface area contributed by atoms with Crippen LogP contribution >= 0.6 is 0 Å². The first-order valence-electron chi connectivity index (χ1n) is 5.87. The highest BCUT2D eigenvalue weighted by molar-refractivity contribution is 5.24. The summed E-state index contributed by atoms with van der Waals surface area (Å²) in [6.07, 6.45) is 0. The third-order valence-electron chi connectivity index (χ3n) is 3.14. The molecule has 0 radical (unpaired) electrons. The van der Waals surface area contributed by atoms with Gasteiger partial charge in [0, 0.05) is 37.8 Å². The number of benzene rings is 1. The van der Waals surface area contributed by atoms with E-state index in [0.717, 1.165) is 0 Å². The van der Waals surface area contributed by atoms with Crippen LogP contribution in [-0.4, -0.2) is 30.6 Å². The van der Waals surface area contributed by atoms with E-state index in [2.05, 4.69) is 5.32 Å². The Morgan fingerprint density at radius 3 is 2.05 bits per heavy atom. The van der Waals surface area contributed by atoms with Crippen molar-refractivity contribution in [2.24, 2.45) is 0 Å². The van der Waals surface area contributed by atoms with Gasteiger partial charge in [0.05, 0.1) is 0 Å². The normalized spacial score (nSPS) is 20.8. The lowest BCUT2D eigenvalue weighted by molar-refractivity contribution is 0.192. The number of hydrogen-bond donors (Lipinski definition) is 1. The fourth-order valence-electron chi connectivity index (χ4n) is 2.17. The second-order valence-corrected chi connectivity index (χ2v) is 4.64. The van der Waals surface area contributed by atoms with Crippen molar-refractivity contribution in [2.75, 3.05) is 19.6 Å². The maximum atomic E-state index is 13.5. The smallest absolute Gasteiger partial charge is 0.200 e. The Bertz CT molecular complexity index is 462. The molecule has 7 heteroatoms. The summed E-state index contributed by atoms with van der Waals surface area (Å²) in [5, 5.41) is 3.12. The van der Waals surface area contributed by atoms with Gasteiger partial charge >= 0.3 is 0 Å². The summed E-state index contributed by atoms with van der Waals surface area (Å²) in [5.74, 6) is -9.40. The molecule has 0 aromatic heterocycles. The minimum Gasteiger partial charge on any atom is -0.312 e. The molecule has 1 fully saturated rings. The fraction of sp³-hybridized carbons (Fsp3) is 0.500. The minimum atomic E-state index is -2.12. The molecular formula is C12H13F5N2. The zero-order valence-corrected chi connectivity index (χ0v) is 10.2. The van der Waals surface area contributed by atoms with Crippen molar-refractivity contribution in [2.45, 2.75) is 19.5 Å². The quantitative estimate of drug-likeness (QED) is 0.507. The average Bonchev–Trinajstić information content (AvgIpc) is 2.39. The van der Waals surface area contributed by atoms with Crippen molar-refractivity contribution in [3.63, 3.8) is 0 Å². The lowest BCUT2D eigenvalue weighted by Crippen LogP contribution is -2.48. The minimum absolute atomic E-state index is 0.106. The van der Waals surface area contributed by atoms with Gasteiger partial charge in [-0.1, -0.05) is 0 Å². The molecule has 1 aliphatic heterocycles. The summed E-state index contributed by atoms with van der Waals surface area (Å²) in [5.41, 5.74) is -0.773. The molecule has 2 nitrogen and oxygen atoms in total. The topological polar surface area (TPSA) is 15.3 Å². The van der Waals surface area contributed by atoms with Crippen LogP contribution < -0.4 is 5.32 Å². The van der Waals surface area contributed by atoms with E-state index in [0.29, 0.717) is 19.6 Å². The molecule has 0 spiro atoms. The molecule has 0 saturated carbocycles. The third kappa shape index (κ3) is 2.71. The van der Waals surface area contributed by atoms with Gasteiger partial charge in [0.15, 0.2) is 23.3 Å². The van der Waals surface area contributed by atoms with E-state index < -0.39 is 34.6 Å². The van der Waals surface area contributed by atoms with Gasteiger partial charge in [0.1, 0.15) is 0 Å². The van der Waals surface area contributed by atoms with Gasteiger partial charge in [-0.25, -0.2) is 22.0 Å². The Labute approximate surface area is 107 Å². The largest absolute Gasteiger partial charge is 0.312 e. The molecule has 1 atom stereocenters. The summed E-state index contributed by atoms with van der Waals surface area (Å²) in [6.45, 7) is 3.17. The van der Waals surface area contributed by atoms with Crippen LogP contribution in [0, 0.1) is 29.1 Å². The second kappa shape index (κ2) is 5.42. The molecule has 0 unspecified atom stereocenters. The Morgan fingerprint density at radius 1 is 1.00 bits per heavy atom. The molecule has 1 aliphatic rings. The maximum Gasteiger partial charge on any atom is 0.200 e. The van der Waals surface area contributed by atoms with E-state index in [1.165, 1.54) is 0 Å². The van der Waals surface area contributed by atoms with Crippen molar-refractivity contribution in [1.29, 1.82) is 0 Å². The van der Waals surface area contributed by atoms with E-state index >= 15 is 0 Å². The highest BCUT2D eigenvalue weighted by atomic mass is 19.2. The molecule has 0 bridgehead atoms. The first-order valence-corrected chi connectivity index (χ1v) is 5.87. The lowest BCUT2D eigenvalue weighted by atomic mass is 10.1. The Hall–Kier alpha value is -1.21. The maximum absolute atomic E-state index is 13.5. The molecule has 1 aromatic carbocycles. The summed E-state index contributed by atoms with van der Waals surface area (Å²) in [6, 6.07) is 0.106. The molecule has 0 aliphatic carbocycles. The van der Waals surface area contributed by atoms with Gasteiger partial charge in [-0.15, -0.1) is 0 Å². The number of nitrogens with one attached hydrogen (secondary N) is 1. The molecule has 1 N–H and O–H groups in total. The molecule has 19 heavy (non-hydrogen) atoms. The molecule has 1 saturated heterocycles. The van der Waals surface area contributed by atoms with Crippen LogP contribution in [0.25, 0.3) is 0 Å². The van der Waals surface area contributed by atoms with Crippen LogP contribution in [0.2, 0.25) is 0 Å². The highest BCUT2D eigenvalue weighted by Crippen LogP contribution is 2.24. The molecule has 1 heterocycles. The first-order chi connectivity index (χ1) is 8.91. The fourth-order valence-corrected chi connectivity index (χ4v) is 2.17. The summed E-state index contributed by atoms with van der Waals surface area (Å²) in [4.78, 5) is 1.65. The van der Waals surface area contributed by atoms with Gasteiger partial charge in [0.25, 0.3) is 0 Å². The summed E-state index contributed by atoms with van der Waals surface area (Å²) < 4.78 is 66.0. The number of hydrogen-bond acceptors (Lipinski definition) is 2. The first kappa shape index (κ1) is 14.2. The van der Waals surface area contributed by atoms with E-state index in [1.807, 2.05) is 6.92 Å². The van der Waals surface area contributed by atoms with Gasteiger partial charge in [-0.2, -0.15) is 0 Å². The van der Waals surface area contributed by atoms with E-state index in [1.54, 1.807) is 4.90 Å². The predicted molar refractivity (Wildman–Crippen MR) is 59.0 cm³/mol. The Morgan fingerprint density at radius 2 is 1.53 bits per heavy atom. The Balaban J connectivity index is 2.30. The third-order valence-corrected chi connectivity index (χ3v) is 3.14. The van der Waals surface area contributed by atoms with Gasteiger partial charge in [-0.05, 0) is 6.92 Å². The molecule has 2 rings (SSSR count). The van der Waals surface area contributed by atoms with Gasteiger partial charge < -0.3 is 5.32 Å². The summed E-state index contributed by atoms with van der Waals surface area (Å²) in [7, 11) is 0. The lowest BCUT2D eigenvalue weighted by Gasteiger charge is -2.32. The van der Waals surface area contributed by atoms with Crippen LogP contribution in [0.4, 0.5) is 22.0 Å². The van der Waals surface area contributed by atoms with Crippen molar-refractivity contribution in [3.05, 3.63) is 34.6 Å². The molecule has 0 amide bonds. The highest BCUT2D eigenvalue weighted by Gasteiger charge is 2.27. The standard InChI is InChI=1S/C12H13F5N2/c1-6-4-19(3-2-18-6)5-7-8(13)10(15)12(17)11(16)9(7)14/h6,18H,2-5H2,1H3/t6-/m0/s1. The predicted octanol–water partition coefficient (Wildman–Crippen LogP) is 2.18. The average molecular weight is 280 g/mol.